The van der Waals surface area contributed by atoms with E-state index in [2.05, 4.69) is 100 Å². The van der Waals surface area contributed by atoms with Gasteiger partial charge in [-0.25, -0.2) is 0 Å². The summed E-state index contributed by atoms with van der Waals surface area (Å²) >= 11 is 0. The molecule has 0 saturated carbocycles. The SMILES string of the molecule is CC(C)(c1ccccc1)c1ccc(OP2OCC3(COPOC3)CO2)c(C(C)(C)c2ccccc2)c1. The van der Waals surface area contributed by atoms with Gasteiger partial charge in [0.2, 0.25) is 0 Å². The fraction of sp³-hybridized carbons (Fsp3) is 0.379. The van der Waals surface area contributed by atoms with Crippen molar-refractivity contribution in [3.63, 3.8) is 0 Å². The van der Waals surface area contributed by atoms with Crippen LogP contribution in [-0.4, -0.2) is 26.4 Å². The van der Waals surface area contributed by atoms with Gasteiger partial charge in [-0.3, -0.25) is 0 Å². The van der Waals surface area contributed by atoms with Gasteiger partial charge in [-0.2, -0.15) is 0 Å². The summed E-state index contributed by atoms with van der Waals surface area (Å²) in [4.78, 5) is 0. The van der Waals surface area contributed by atoms with E-state index in [1.165, 1.54) is 16.7 Å². The van der Waals surface area contributed by atoms with Crippen molar-refractivity contribution in [2.24, 2.45) is 5.41 Å². The monoisotopic (exact) mass is 524 g/mol. The minimum Gasteiger partial charge on any atom is -0.426 e. The number of benzene rings is 3. The van der Waals surface area contributed by atoms with E-state index in [0.717, 1.165) is 11.3 Å². The first kappa shape index (κ1) is 25.8. The summed E-state index contributed by atoms with van der Waals surface area (Å²) in [6.45, 7) is 11.2. The molecule has 0 bridgehead atoms. The van der Waals surface area contributed by atoms with Crippen molar-refractivity contribution in [1.82, 2.24) is 0 Å². The lowest BCUT2D eigenvalue weighted by Crippen LogP contribution is -2.44. The van der Waals surface area contributed by atoms with Gasteiger partial charge in [0.15, 0.2) is 9.03 Å². The van der Waals surface area contributed by atoms with Crippen LogP contribution in [0.5, 0.6) is 5.75 Å². The molecule has 3 aromatic carbocycles. The lowest BCUT2D eigenvalue weighted by Gasteiger charge is -2.40. The molecule has 2 saturated heterocycles. The standard InChI is InChI=1S/C29H34O5P2/c1-27(2,22-11-7-5-8-12-22)24-15-16-26(25(17-24)28(3,4)23-13-9-6-10-14-23)34-36-32-20-29(21-33-36)18-30-35-31-19-29/h5-17,35H,18-21H2,1-4H3. The Labute approximate surface area is 217 Å². The molecule has 0 N–H and O–H groups in total. The Morgan fingerprint density at radius 1 is 0.694 bits per heavy atom. The molecule has 0 atom stereocenters. The minimum absolute atomic E-state index is 0.0956. The zero-order valence-electron chi connectivity index (χ0n) is 21.3. The molecule has 0 aliphatic carbocycles. The number of hydrogen-bond acceptors (Lipinski definition) is 5. The van der Waals surface area contributed by atoms with Gasteiger partial charge in [0, 0.05) is 16.4 Å². The van der Waals surface area contributed by atoms with Crippen LogP contribution in [0.3, 0.4) is 0 Å². The van der Waals surface area contributed by atoms with Crippen molar-refractivity contribution < 1.29 is 22.6 Å². The van der Waals surface area contributed by atoms with E-state index in [0.29, 0.717) is 26.4 Å². The van der Waals surface area contributed by atoms with Gasteiger partial charge in [-0.05, 0) is 22.8 Å². The molecular formula is C29H34O5P2. The van der Waals surface area contributed by atoms with E-state index in [1.807, 2.05) is 6.07 Å². The minimum atomic E-state index is -1.52. The second-order valence-corrected chi connectivity index (χ2v) is 12.6. The Morgan fingerprint density at radius 3 is 1.83 bits per heavy atom. The van der Waals surface area contributed by atoms with Crippen LogP contribution in [0.2, 0.25) is 0 Å². The lowest BCUT2D eigenvalue weighted by molar-refractivity contribution is -0.0567. The van der Waals surface area contributed by atoms with Crippen LogP contribution in [0, 0.1) is 5.41 Å². The largest absolute Gasteiger partial charge is 0.426 e. The average Bonchev–Trinajstić information content (AvgIpc) is 2.92. The maximum absolute atomic E-state index is 6.44. The molecular weight excluding hydrogens is 490 g/mol. The summed E-state index contributed by atoms with van der Waals surface area (Å²) in [5.41, 5.74) is 4.12. The molecule has 0 amide bonds. The first-order valence-corrected chi connectivity index (χ1v) is 14.2. The quantitative estimate of drug-likeness (QED) is 0.312. The highest BCUT2D eigenvalue weighted by atomic mass is 31.2. The van der Waals surface area contributed by atoms with Crippen LogP contribution in [0.4, 0.5) is 0 Å². The van der Waals surface area contributed by atoms with E-state index >= 15 is 0 Å². The first-order chi connectivity index (χ1) is 17.3. The van der Waals surface area contributed by atoms with Gasteiger partial charge in [-0.1, -0.05) is 100 Å². The highest BCUT2D eigenvalue weighted by Gasteiger charge is 2.42. The molecule has 2 heterocycles. The Kier molecular flexibility index (Phi) is 7.52. The maximum Gasteiger partial charge on any atom is 0.397 e. The van der Waals surface area contributed by atoms with Crippen LogP contribution >= 0.6 is 17.6 Å². The van der Waals surface area contributed by atoms with E-state index in [4.69, 9.17) is 22.6 Å². The summed E-state index contributed by atoms with van der Waals surface area (Å²) < 4.78 is 29.6. The topological polar surface area (TPSA) is 46.2 Å². The van der Waals surface area contributed by atoms with Gasteiger partial charge in [0.25, 0.3) is 0 Å². The molecule has 36 heavy (non-hydrogen) atoms. The highest BCUT2D eigenvalue weighted by Crippen LogP contribution is 2.51. The van der Waals surface area contributed by atoms with Crippen LogP contribution in [-0.2, 0) is 28.9 Å². The summed E-state index contributed by atoms with van der Waals surface area (Å²) in [5.74, 6) is 0.788. The van der Waals surface area contributed by atoms with Gasteiger partial charge in [0.05, 0.1) is 31.8 Å². The molecule has 1 spiro atoms. The zero-order valence-corrected chi connectivity index (χ0v) is 23.2. The molecule has 2 aliphatic rings. The molecule has 2 fully saturated rings. The van der Waals surface area contributed by atoms with Crippen LogP contribution in [0.25, 0.3) is 0 Å². The average molecular weight is 525 g/mol. The van der Waals surface area contributed by atoms with E-state index in [1.54, 1.807) is 0 Å². The summed E-state index contributed by atoms with van der Waals surface area (Å²) in [6, 6.07) is 27.7. The van der Waals surface area contributed by atoms with Gasteiger partial charge in [-0.15, -0.1) is 0 Å². The smallest absolute Gasteiger partial charge is 0.397 e. The molecule has 190 valence electrons. The Morgan fingerprint density at radius 2 is 1.25 bits per heavy atom. The summed E-state index contributed by atoms with van der Waals surface area (Å²) in [6.07, 6.45) is 0. The van der Waals surface area contributed by atoms with Crippen LogP contribution in [0.15, 0.2) is 78.9 Å². The van der Waals surface area contributed by atoms with E-state index in [9.17, 15) is 0 Å². The van der Waals surface area contributed by atoms with Crippen molar-refractivity contribution in [3.05, 3.63) is 101 Å². The second-order valence-electron chi connectivity index (χ2n) is 10.7. The fourth-order valence-corrected chi connectivity index (χ4v) is 6.80. The Bertz CT molecular complexity index is 1150. The third kappa shape index (κ3) is 5.24. The zero-order chi connectivity index (χ0) is 25.2. The fourth-order valence-electron chi connectivity index (χ4n) is 4.72. The van der Waals surface area contributed by atoms with Crippen LogP contribution in [0.1, 0.15) is 49.9 Å². The summed E-state index contributed by atoms with van der Waals surface area (Å²) in [5, 5.41) is 0. The second kappa shape index (κ2) is 10.5. The van der Waals surface area contributed by atoms with Crippen molar-refractivity contribution in [3.8, 4) is 5.75 Å². The molecule has 5 nitrogen and oxygen atoms in total. The molecule has 0 aromatic heterocycles. The Hall–Kier alpha value is -1.84. The van der Waals surface area contributed by atoms with E-state index in [-0.39, 0.29) is 25.3 Å². The Balaban J connectivity index is 1.47. The van der Waals surface area contributed by atoms with Gasteiger partial charge >= 0.3 is 8.60 Å². The van der Waals surface area contributed by atoms with Gasteiger partial charge < -0.3 is 22.6 Å². The number of rotatable bonds is 6. The molecule has 0 unspecified atom stereocenters. The molecule has 5 rings (SSSR count). The van der Waals surface area contributed by atoms with Crippen molar-refractivity contribution in [1.29, 1.82) is 0 Å². The third-order valence-corrected chi connectivity index (χ3v) is 8.92. The first-order valence-electron chi connectivity index (χ1n) is 12.3. The van der Waals surface area contributed by atoms with Gasteiger partial charge in [0.1, 0.15) is 5.75 Å². The molecule has 2 aliphatic heterocycles. The van der Waals surface area contributed by atoms with E-state index < -0.39 is 8.60 Å². The van der Waals surface area contributed by atoms with Crippen molar-refractivity contribution in [2.75, 3.05) is 26.4 Å². The maximum atomic E-state index is 6.44. The van der Waals surface area contributed by atoms with Crippen LogP contribution < -0.4 is 4.52 Å². The predicted molar refractivity (Wildman–Crippen MR) is 146 cm³/mol. The third-order valence-electron chi connectivity index (χ3n) is 7.37. The van der Waals surface area contributed by atoms with Crippen molar-refractivity contribution in [2.45, 2.75) is 38.5 Å². The molecule has 3 aromatic rings. The highest BCUT2D eigenvalue weighted by molar-refractivity contribution is 7.42. The summed E-state index contributed by atoms with van der Waals surface area (Å²) in [7, 11) is -1.43. The normalized spacial score (nSPS) is 23.6. The predicted octanol–water partition coefficient (Wildman–Crippen LogP) is 7.53. The molecule has 0 radical (unpaired) electrons. The van der Waals surface area contributed by atoms with Crippen molar-refractivity contribution >= 4 is 17.6 Å². The molecule has 7 heteroatoms. The number of hydrogen-bond donors (Lipinski definition) is 0. The lowest BCUT2D eigenvalue weighted by atomic mass is 9.73.